The Morgan fingerprint density at radius 3 is 2.52 bits per heavy atom. The summed E-state index contributed by atoms with van der Waals surface area (Å²) in [6.45, 7) is 1.81. The molecule has 0 aliphatic heterocycles. The maximum Gasteiger partial charge on any atom is 0.313 e. The largest absolute Gasteiger partial charge is 0.448 e. The Bertz CT molecular complexity index is 690. The molecule has 0 radical (unpaired) electrons. The van der Waals surface area contributed by atoms with E-state index in [1.165, 1.54) is 18.2 Å². The normalized spacial score (nSPS) is 12.0. The van der Waals surface area contributed by atoms with Crippen LogP contribution in [-0.4, -0.2) is 4.92 Å². The van der Waals surface area contributed by atoms with Crippen molar-refractivity contribution in [3.8, 4) is 11.5 Å². The topological polar surface area (TPSA) is 78.4 Å². The molecular formula is C14H12Cl2N2O3. The highest BCUT2D eigenvalue weighted by Gasteiger charge is 2.19. The van der Waals surface area contributed by atoms with Crippen LogP contribution in [0, 0.1) is 10.1 Å². The first-order chi connectivity index (χ1) is 9.90. The van der Waals surface area contributed by atoms with E-state index in [1.807, 2.05) is 0 Å². The van der Waals surface area contributed by atoms with Gasteiger partial charge in [0.15, 0.2) is 0 Å². The van der Waals surface area contributed by atoms with E-state index in [2.05, 4.69) is 0 Å². The highest BCUT2D eigenvalue weighted by Crippen LogP contribution is 2.38. The van der Waals surface area contributed by atoms with Crippen molar-refractivity contribution in [1.29, 1.82) is 0 Å². The number of nitrogens with two attached hydrogens (primary N) is 1. The summed E-state index contributed by atoms with van der Waals surface area (Å²) in [6.07, 6.45) is 0. The Balaban J connectivity index is 2.39. The van der Waals surface area contributed by atoms with Crippen LogP contribution < -0.4 is 10.5 Å². The SMILES string of the molecule is CC(N)c1ccc(Oc2c(Cl)cccc2[N+](=O)[O-])cc1Cl. The summed E-state index contributed by atoms with van der Waals surface area (Å²) >= 11 is 12.1. The van der Waals surface area contributed by atoms with E-state index in [4.69, 9.17) is 33.7 Å². The minimum atomic E-state index is -0.556. The van der Waals surface area contributed by atoms with Gasteiger partial charge in [-0.1, -0.05) is 35.3 Å². The number of rotatable bonds is 4. The van der Waals surface area contributed by atoms with Gasteiger partial charge in [-0.15, -0.1) is 0 Å². The molecular weight excluding hydrogens is 315 g/mol. The predicted molar refractivity (Wildman–Crippen MR) is 82.2 cm³/mol. The molecule has 0 saturated heterocycles. The van der Waals surface area contributed by atoms with E-state index in [9.17, 15) is 10.1 Å². The Hall–Kier alpha value is -1.82. The predicted octanol–water partition coefficient (Wildman–Crippen LogP) is 4.71. The van der Waals surface area contributed by atoms with Crippen LogP contribution in [0.1, 0.15) is 18.5 Å². The molecule has 1 unspecified atom stereocenters. The van der Waals surface area contributed by atoms with Gasteiger partial charge in [0.2, 0.25) is 5.75 Å². The van der Waals surface area contributed by atoms with Crippen LogP contribution >= 0.6 is 23.2 Å². The summed E-state index contributed by atoms with van der Waals surface area (Å²) < 4.78 is 5.52. The quantitative estimate of drug-likeness (QED) is 0.651. The Labute approximate surface area is 131 Å². The van der Waals surface area contributed by atoms with Gasteiger partial charge in [0.25, 0.3) is 0 Å². The number of hydrogen-bond acceptors (Lipinski definition) is 4. The molecule has 2 aromatic rings. The highest BCUT2D eigenvalue weighted by atomic mass is 35.5. The number of ether oxygens (including phenoxy) is 1. The lowest BCUT2D eigenvalue weighted by Crippen LogP contribution is -2.05. The molecule has 0 saturated carbocycles. The van der Waals surface area contributed by atoms with Gasteiger partial charge in [-0.3, -0.25) is 10.1 Å². The first kappa shape index (κ1) is 15.6. The average molecular weight is 327 g/mol. The fourth-order valence-corrected chi connectivity index (χ4v) is 2.35. The monoisotopic (exact) mass is 326 g/mol. The van der Waals surface area contributed by atoms with Crippen LogP contribution in [0.5, 0.6) is 11.5 Å². The molecule has 110 valence electrons. The summed E-state index contributed by atoms with van der Waals surface area (Å²) in [6, 6.07) is 9.00. The molecule has 2 N–H and O–H groups in total. The number of nitrogens with zero attached hydrogens (tertiary/aromatic N) is 1. The van der Waals surface area contributed by atoms with Gasteiger partial charge in [0.05, 0.1) is 9.95 Å². The number of halogens is 2. The molecule has 0 fully saturated rings. The third-order valence-corrected chi connectivity index (χ3v) is 3.45. The summed E-state index contributed by atoms with van der Waals surface area (Å²) in [5.41, 5.74) is 6.32. The molecule has 0 aliphatic carbocycles. The van der Waals surface area contributed by atoms with Crippen molar-refractivity contribution in [2.45, 2.75) is 13.0 Å². The van der Waals surface area contributed by atoms with Gasteiger partial charge in [-0.2, -0.15) is 0 Å². The summed E-state index contributed by atoms with van der Waals surface area (Å²) in [4.78, 5) is 10.4. The van der Waals surface area contributed by atoms with Crippen molar-refractivity contribution in [3.05, 3.63) is 62.1 Å². The lowest BCUT2D eigenvalue weighted by atomic mass is 10.1. The lowest BCUT2D eigenvalue weighted by molar-refractivity contribution is -0.385. The molecule has 21 heavy (non-hydrogen) atoms. The second kappa shape index (κ2) is 6.30. The Kier molecular flexibility index (Phi) is 4.67. The van der Waals surface area contributed by atoms with Crippen LogP contribution in [0.4, 0.5) is 5.69 Å². The van der Waals surface area contributed by atoms with Crippen LogP contribution in [-0.2, 0) is 0 Å². The van der Waals surface area contributed by atoms with Crippen molar-refractivity contribution in [1.82, 2.24) is 0 Å². The summed E-state index contributed by atoms with van der Waals surface area (Å²) in [5, 5.41) is 11.6. The Morgan fingerprint density at radius 2 is 1.95 bits per heavy atom. The zero-order valence-electron chi connectivity index (χ0n) is 11.0. The van der Waals surface area contributed by atoms with E-state index in [1.54, 1.807) is 25.1 Å². The van der Waals surface area contributed by atoms with Crippen molar-refractivity contribution in [2.24, 2.45) is 5.73 Å². The van der Waals surface area contributed by atoms with E-state index in [0.29, 0.717) is 10.8 Å². The molecule has 0 amide bonds. The fourth-order valence-electron chi connectivity index (χ4n) is 1.80. The highest BCUT2D eigenvalue weighted by molar-refractivity contribution is 6.32. The standard InChI is InChI=1S/C14H12Cl2N2O3/c1-8(17)10-6-5-9(7-12(10)16)21-14-11(15)3-2-4-13(14)18(19)20/h2-8H,17H2,1H3. The number of nitro benzene ring substituents is 1. The third-order valence-electron chi connectivity index (χ3n) is 2.83. The molecule has 0 bridgehead atoms. The molecule has 7 heteroatoms. The van der Waals surface area contributed by atoms with Gasteiger partial charge >= 0.3 is 5.69 Å². The molecule has 0 aliphatic rings. The number of hydrogen-bond donors (Lipinski definition) is 1. The Morgan fingerprint density at radius 1 is 1.24 bits per heavy atom. The van der Waals surface area contributed by atoms with Crippen molar-refractivity contribution in [2.75, 3.05) is 0 Å². The molecule has 5 nitrogen and oxygen atoms in total. The number of para-hydroxylation sites is 1. The minimum Gasteiger partial charge on any atom is -0.448 e. The number of benzene rings is 2. The van der Waals surface area contributed by atoms with Crippen LogP contribution in [0.3, 0.4) is 0 Å². The second-order valence-electron chi connectivity index (χ2n) is 4.42. The first-order valence-electron chi connectivity index (χ1n) is 6.06. The smallest absolute Gasteiger partial charge is 0.313 e. The zero-order valence-corrected chi connectivity index (χ0v) is 12.6. The average Bonchev–Trinajstić information content (AvgIpc) is 2.40. The lowest BCUT2D eigenvalue weighted by Gasteiger charge is -2.12. The molecule has 1 atom stereocenters. The number of nitro groups is 1. The maximum absolute atomic E-state index is 11.0. The van der Waals surface area contributed by atoms with Crippen LogP contribution in [0.25, 0.3) is 0 Å². The molecule has 0 aromatic heterocycles. The minimum absolute atomic E-state index is 0.0196. The van der Waals surface area contributed by atoms with Crippen molar-refractivity contribution >= 4 is 28.9 Å². The molecule has 0 spiro atoms. The van der Waals surface area contributed by atoms with Gasteiger partial charge in [0.1, 0.15) is 5.75 Å². The van der Waals surface area contributed by atoms with Gasteiger partial charge in [-0.25, -0.2) is 0 Å². The van der Waals surface area contributed by atoms with E-state index in [-0.39, 0.29) is 22.5 Å². The third kappa shape index (κ3) is 3.44. The maximum atomic E-state index is 11.0. The van der Waals surface area contributed by atoms with Gasteiger partial charge in [-0.05, 0) is 30.7 Å². The molecule has 2 aromatic carbocycles. The van der Waals surface area contributed by atoms with Crippen LogP contribution in [0.15, 0.2) is 36.4 Å². The van der Waals surface area contributed by atoms with Crippen LogP contribution in [0.2, 0.25) is 10.0 Å². The van der Waals surface area contributed by atoms with E-state index in [0.717, 1.165) is 5.56 Å². The fraction of sp³-hybridized carbons (Fsp3) is 0.143. The molecule has 0 heterocycles. The van der Waals surface area contributed by atoms with Crippen molar-refractivity contribution < 1.29 is 9.66 Å². The summed E-state index contributed by atoms with van der Waals surface area (Å²) in [5.74, 6) is 0.328. The van der Waals surface area contributed by atoms with Gasteiger partial charge < -0.3 is 10.5 Å². The van der Waals surface area contributed by atoms with E-state index < -0.39 is 4.92 Å². The zero-order chi connectivity index (χ0) is 15.6. The molecule has 2 rings (SSSR count). The first-order valence-corrected chi connectivity index (χ1v) is 6.81. The van der Waals surface area contributed by atoms with Crippen molar-refractivity contribution in [3.63, 3.8) is 0 Å². The second-order valence-corrected chi connectivity index (χ2v) is 5.23. The van der Waals surface area contributed by atoms with Gasteiger partial charge in [0, 0.05) is 17.1 Å². The summed E-state index contributed by atoms with van der Waals surface area (Å²) in [7, 11) is 0. The van der Waals surface area contributed by atoms with E-state index >= 15 is 0 Å².